The molecule has 1 rings (SSSR count). The number of amides is 1. The Kier molecular flexibility index (Phi) is 9.18. The Labute approximate surface area is 172 Å². The highest BCUT2D eigenvalue weighted by Gasteiger charge is 2.37. The highest BCUT2D eigenvalue weighted by Crippen LogP contribution is 2.37. The van der Waals surface area contributed by atoms with Crippen molar-refractivity contribution in [3.63, 3.8) is 0 Å². The lowest BCUT2D eigenvalue weighted by molar-refractivity contribution is -0.142. The number of benzene rings is 1. The van der Waals surface area contributed by atoms with Gasteiger partial charge in [-0.2, -0.15) is 0 Å². The van der Waals surface area contributed by atoms with E-state index in [1.54, 1.807) is 19.1 Å². The van der Waals surface area contributed by atoms with Gasteiger partial charge in [0, 0.05) is 12.1 Å². The fourth-order valence-electron chi connectivity index (χ4n) is 2.05. The van der Waals surface area contributed by atoms with Crippen molar-refractivity contribution < 1.29 is 18.8 Å². The minimum Gasteiger partial charge on any atom is -0.466 e. The number of nitrogens with one attached hydrogen (secondary N) is 1. The molecular formula is C20H32BrNO4Si. The number of hydrogen-bond donors (Lipinski definition) is 1. The Hall–Kier alpha value is -1.18. The SMILES string of the molecule is CCOC(=O)CCNC(=O)c1ccc(C(Br)CO[Si](C)(C)C(C)(C)C)cc1. The van der Waals surface area contributed by atoms with E-state index < -0.39 is 8.32 Å². The van der Waals surface area contributed by atoms with Crippen LogP contribution in [0.25, 0.3) is 0 Å². The second-order valence-electron chi connectivity index (χ2n) is 7.97. The first-order valence-corrected chi connectivity index (χ1v) is 13.1. The van der Waals surface area contributed by atoms with Crippen LogP contribution in [0.3, 0.4) is 0 Å². The molecular weight excluding hydrogens is 426 g/mol. The van der Waals surface area contributed by atoms with Crippen molar-refractivity contribution in [1.29, 1.82) is 0 Å². The van der Waals surface area contributed by atoms with Crippen LogP contribution in [0.5, 0.6) is 0 Å². The first-order valence-electron chi connectivity index (χ1n) is 9.29. The van der Waals surface area contributed by atoms with Crippen molar-refractivity contribution in [3.05, 3.63) is 35.4 Å². The van der Waals surface area contributed by atoms with Crippen molar-refractivity contribution in [2.75, 3.05) is 19.8 Å². The molecule has 0 fully saturated rings. The zero-order valence-electron chi connectivity index (χ0n) is 17.2. The third-order valence-corrected chi connectivity index (χ3v) is 10.1. The first kappa shape index (κ1) is 23.9. The van der Waals surface area contributed by atoms with Gasteiger partial charge in [-0.1, -0.05) is 48.8 Å². The second-order valence-corrected chi connectivity index (χ2v) is 13.9. The van der Waals surface area contributed by atoms with Gasteiger partial charge in [0.1, 0.15) is 0 Å². The highest BCUT2D eigenvalue weighted by molar-refractivity contribution is 9.09. The van der Waals surface area contributed by atoms with Gasteiger partial charge in [-0.15, -0.1) is 0 Å². The van der Waals surface area contributed by atoms with Crippen molar-refractivity contribution in [1.82, 2.24) is 5.32 Å². The number of carbonyl (C=O) groups excluding carboxylic acids is 2. The van der Waals surface area contributed by atoms with Crippen molar-refractivity contribution >= 4 is 36.1 Å². The van der Waals surface area contributed by atoms with E-state index in [0.717, 1.165) is 5.56 Å². The molecule has 27 heavy (non-hydrogen) atoms. The van der Waals surface area contributed by atoms with Crippen molar-refractivity contribution in [2.45, 2.75) is 57.1 Å². The van der Waals surface area contributed by atoms with Gasteiger partial charge in [0.25, 0.3) is 5.91 Å². The number of rotatable bonds is 9. The summed E-state index contributed by atoms with van der Waals surface area (Å²) in [6.07, 6.45) is 0.173. The van der Waals surface area contributed by atoms with Gasteiger partial charge in [0.05, 0.1) is 24.5 Å². The largest absolute Gasteiger partial charge is 0.466 e. The van der Waals surface area contributed by atoms with E-state index in [1.807, 2.05) is 12.1 Å². The van der Waals surface area contributed by atoms with Gasteiger partial charge in [-0.05, 0) is 42.8 Å². The van der Waals surface area contributed by atoms with Crippen LogP contribution < -0.4 is 5.32 Å². The van der Waals surface area contributed by atoms with E-state index in [4.69, 9.17) is 9.16 Å². The number of halogens is 1. The van der Waals surface area contributed by atoms with Crippen LogP contribution in [-0.4, -0.2) is 40.0 Å². The third-order valence-electron chi connectivity index (χ3n) is 4.85. The smallest absolute Gasteiger partial charge is 0.307 e. The number of hydrogen-bond acceptors (Lipinski definition) is 4. The van der Waals surface area contributed by atoms with Crippen LogP contribution in [-0.2, 0) is 14.0 Å². The Morgan fingerprint density at radius 3 is 2.30 bits per heavy atom. The van der Waals surface area contributed by atoms with Gasteiger partial charge in [0.15, 0.2) is 8.32 Å². The molecule has 7 heteroatoms. The highest BCUT2D eigenvalue weighted by atomic mass is 79.9. The molecule has 1 N–H and O–H groups in total. The normalized spacial score (nSPS) is 13.1. The van der Waals surface area contributed by atoms with E-state index in [-0.39, 0.29) is 34.7 Å². The molecule has 152 valence electrons. The third kappa shape index (κ3) is 7.75. The molecule has 0 aliphatic carbocycles. The van der Waals surface area contributed by atoms with Gasteiger partial charge < -0.3 is 14.5 Å². The quantitative estimate of drug-likeness (QED) is 0.327. The van der Waals surface area contributed by atoms with Gasteiger partial charge >= 0.3 is 5.97 Å². The van der Waals surface area contributed by atoms with Crippen LogP contribution in [0.1, 0.15) is 54.9 Å². The topological polar surface area (TPSA) is 64.6 Å². The zero-order chi connectivity index (χ0) is 20.7. The molecule has 0 aromatic heterocycles. The summed E-state index contributed by atoms with van der Waals surface area (Å²) in [5, 5.41) is 2.90. The summed E-state index contributed by atoms with van der Waals surface area (Å²) in [4.78, 5) is 23.5. The van der Waals surface area contributed by atoms with E-state index in [0.29, 0.717) is 18.8 Å². The van der Waals surface area contributed by atoms with Crippen LogP contribution in [0.15, 0.2) is 24.3 Å². The number of esters is 1. The minimum atomic E-state index is -1.79. The average Bonchev–Trinajstić information content (AvgIpc) is 2.59. The Morgan fingerprint density at radius 1 is 1.19 bits per heavy atom. The van der Waals surface area contributed by atoms with Crippen molar-refractivity contribution in [2.24, 2.45) is 0 Å². The van der Waals surface area contributed by atoms with E-state index in [2.05, 4.69) is 55.1 Å². The Morgan fingerprint density at radius 2 is 1.78 bits per heavy atom. The maximum Gasteiger partial charge on any atom is 0.307 e. The van der Waals surface area contributed by atoms with E-state index >= 15 is 0 Å². The average molecular weight is 458 g/mol. The fraction of sp³-hybridized carbons (Fsp3) is 0.600. The zero-order valence-corrected chi connectivity index (χ0v) is 19.8. The molecule has 0 aliphatic rings. The molecule has 0 heterocycles. The predicted octanol–water partition coefficient (Wildman–Crippen LogP) is 4.83. The van der Waals surface area contributed by atoms with Gasteiger partial charge in [-0.3, -0.25) is 9.59 Å². The summed E-state index contributed by atoms with van der Waals surface area (Å²) < 4.78 is 11.1. The first-order chi connectivity index (χ1) is 12.5. The minimum absolute atomic E-state index is 0.0764. The standard InChI is InChI=1S/C20H32BrNO4Si/c1-7-25-18(23)12-13-22-19(24)16-10-8-15(9-11-16)17(21)14-26-27(5,6)20(2,3)4/h8-11,17H,7,12-14H2,1-6H3,(H,22,24). The summed E-state index contributed by atoms with van der Waals surface area (Å²) in [6, 6.07) is 7.43. The number of ether oxygens (including phenoxy) is 1. The molecule has 0 saturated carbocycles. The van der Waals surface area contributed by atoms with Crippen LogP contribution >= 0.6 is 15.9 Å². The lowest BCUT2D eigenvalue weighted by Gasteiger charge is -2.36. The second kappa shape index (κ2) is 10.4. The summed E-state index contributed by atoms with van der Waals surface area (Å²) >= 11 is 3.68. The van der Waals surface area contributed by atoms with Crippen LogP contribution in [0, 0.1) is 0 Å². The molecule has 5 nitrogen and oxygen atoms in total. The maximum atomic E-state index is 12.1. The monoisotopic (exact) mass is 457 g/mol. The summed E-state index contributed by atoms with van der Waals surface area (Å²) in [5.74, 6) is -0.508. The van der Waals surface area contributed by atoms with Crippen molar-refractivity contribution in [3.8, 4) is 0 Å². The fourth-order valence-corrected chi connectivity index (χ4v) is 3.75. The molecule has 0 aliphatic heterocycles. The molecule has 1 unspecified atom stereocenters. The molecule has 1 aromatic rings. The van der Waals surface area contributed by atoms with E-state index in [1.165, 1.54) is 0 Å². The molecule has 0 spiro atoms. The van der Waals surface area contributed by atoms with E-state index in [9.17, 15) is 9.59 Å². The molecule has 1 atom stereocenters. The predicted molar refractivity (Wildman–Crippen MR) is 115 cm³/mol. The summed E-state index contributed by atoms with van der Waals surface area (Å²) in [5.41, 5.74) is 1.63. The Bertz CT molecular complexity index is 626. The summed E-state index contributed by atoms with van der Waals surface area (Å²) in [7, 11) is -1.79. The van der Waals surface area contributed by atoms with Gasteiger partial charge in [0.2, 0.25) is 0 Å². The number of carbonyl (C=O) groups is 2. The molecule has 1 amide bonds. The van der Waals surface area contributed by atoms with Crippen LogP contribution in [0.2, 0.25) is 18.1 Å². The molecule has 0 saturated heterocycles. The van der Waals surface area contributed by atoms with Gasteiger partial charge in [-0.25, -0.2) is 0 Å². The Balaban J connectivity index is 2.55. The lowest BCUT2D eigenvalue weighted by atomic mass is 10.1. The lowest BCUT2D eigenvalue weighted by Crippen LogP contribution is -2.41. The molecule has 0 radical (unpaired) electrons. The molecule has 0 bridgehead atoms. The maximum absolute atomic E-state index is 12.1. The van der Waals surface area contributed by atoms with Crippen LogP contribution in [0.4, 0.5) is 0 Å². The molecule has 1 aromatic carbocycles. The summed E-state index contributed by atoms with van der Waals surface area (Å²) in [6.45, 7) is 14.1. The number of alkyl halides is 1.